The van der Waals surface area contributed by atoms with Crippen LogP contribution in [0.15, 0.2) is 78.9 Å². The molecule has 1 N–H and O–H groups in total. The second-order valence-corrected chi connectivity index (χ2v) is 9.12. The average molecular weight is 510 g/mol. The smallest absolute Gasteiger partial charge is 0.257 e. The molecule has 0 radical (unpaired) electrons. The van der Waals surface area contributed by atoms with Crippen molar-refractivity contribution in [3.63, 3.8) is 0 Å². The number of carbonyl (C=O) groups excluding carboxylic acids is 2. The molecule has 4 rings (SSSR count). The minimum absolute atomic E-state index is 0.00265. The molecule has 1 aliphatic rings. The van der Waals surface area contributed by atoms with E-state index >= 15 is 0 Å². The Labute approximate surface area is 214 Å². The summed E-state index contributed by atoms with van der Waals surface area (Å²) >= 11 is 11.7. The van der Waals surface area contributed by atoms with Crippen molar-refractivity contribution in [2.45, 2.75) is 25.3 Å². The van der Waals surface area contributed by atoms with E-state index < -0.39 is 11.9 Å². The van der Waals surface area contributed by atoms with Crippen molar-refractivity contribution in [1.82, 2.24) is 10.2 Å². The lowest BCUT2D eigenvalue weighted by Gasteiger charge is -2.30. The highest BCUT2D eigenvalue weighted by atomic mass is 35.5. The first-order chi connectivity index (χ1) is 16.9. The number of imide groups is 1. The summed E-state index contributed by atoms with van der Waals surface area (Å²) in [5.74, 6) is -1.14. The molecule has 1 atom stereocenters. The van der Waals surface area contributed by atoms with Crippen molar-refractivity contribution in [2.24, 2.45) is 0 Å². The molecule has 1 heterocycles. The predicted molar refractivity (Wildman–Crippen MR) is 140 cm³/mol. The minimum Gasteiger partial charge on any atom is -0.362 e. The number of nitrogens with one attached hydrogen (secondary N) is 1. The Hall–Kier alpha value is -3.29. The van der Waals surface area contributed by atoms with Crippen LogP contribution in [0.1, 0.15) is 17.5 Å². The van der Waals surface area contributed by atoms with E-state index in [9.17, 15) is 14.0 Å². The number of carbonyl (C=O) groups is 2. The van der Waals surface area contributed by atoms with Gasteiger partial charge in [0.05, 0.1) is 12.1 Å². The molecule has 1 unspecified atom stereocenters. The van der Waals surface area contributed by atoms with Gasteiger partial charge in [-0.3, -0.25) is 9.59 Å². The highest BCUT2D eigenvalue weighted by molar-refractivity contribution is 7.80. The standard InChI is InChI=1S/C27H25ClFN3O2S/c28-21-8-6-20(7-9-21)15-17-31(27(35)30-16-14-19-4-2-1-3-5-19)24-18-25(33)32(26(24)34)23-12-10-22(29)11-13-23/h1-13,24H,14-18H2,(H,30,35). The number of anilines is 1. The fourth-order valence-electron chi connectivity index (χ4n) is 4.08. The number of benzene rings is 3. The zero-order valence-electron chi connectivity index (χ0n) is 19.0. The quantitative estimate of drug-likeness (QED) is 0.350. The van der Waals surface area contributed by atoms with E-state index in [0.717, 1.165) is 16.9 Å². The Balaban J connectivity index is 1.49. The van der Waals surface area contributed by atoms with Crippen LogP contribution in [0.2, 0.25) is 5.02 Å². The summed E-state index contributed by atoms with van der Waals surface area (Å²) in [6.07, 6.45) is 1.38. The first kappa shape index (κ1) is 24.8. The maximum atomic E-state index is 13.4. The van der Waals surface area contributed by atoms with Crippen molar-refractivity contribution in [3.05, 3.63) is 101 Å². The van der Waals surface area contributed by atoms with Gasteiger partial charge in [0.15, 0.2) is 5.11 Å². The van der Waals surface area contributed by atoms with Gasteiger partial charge < -0.3 is 10.2 Å². The van der Waals surface area contributed by atoms with Gasteiger partial charge in [-0.2, -0.15) is 0 Å². The van der Waals surface area contributed by atoms with E-state index in [-0.39, 0.29) is 18.2 Å². The number of nitrogens with zero attached hydrogens (tertiary/aromatic N) is 2. The fraction of sp³-hybridized carbons (Fsp3) is 0.222. The van der Waals surface area contributed by atoms with Crippen LogP contribution in [0.25, 0.3) is 0 Å². The Bertz CT molecular complexity index is 1190. The van der Waals surface area contributed by atoms with Gasteiger partial charge in [-0.25, -0.2) is 9.29 Å². The average Bonchev–Trinajstić information content (AvgIpc) is 3.15. The number of thiocarbonyl (C=S) groups is 1. The molecule has 1 saturated heterocycles. The van der Waals surface area contributed by atoms with Gasteiger partial charge in [-0.1, -0.05) is 54.1 Å². The first-order valence-electron chi connectivity index (χ1n) is 11.4. The highest BCUT2D eigenvalue weighted by Gasteiger charge is 2.43. The molecule has 0 spiro atoms. The summed E-state index contributed by atoms with van der Waals surface area (Å²) in [4.78, 5) is 29.1. The second-order valence-electron chi connectivity index (χ2n) is 8.30. The van der Waals surface area contributed by atoms with Gasteiger partial charge in [0.1, 0.15) is 11.9 Å². The van der Waals surface area contributed by atoms with E-state index in [0.29, 0.717) is 35.3 Å². The summed E-state index contributed by atoms with van der Waals surface area (Å²) < 4.78 is 13.4. The molecule has 0 bridgehead atoms. The lowest BCUT2D eigenvalue weighted by molar-refractivity contribution is -0.122. The van der Waals surface area contributed by atoms with Gasteiger partial charge in [0.2, 0.25) is 5.91 Å². The molecule has 5 nitrogen and oxygen atoms in total. The third-order valence-electron chi connectivity index (χ3n) is 5.93. The summed E-state index contributed by atoms with van der Waals surface area (Å²) in [5.41, 5.74) is 2.56. The van der Waals surface area contributed by atoms with E-state index in [4.69, 9.17) is 23.8 Å². The molecule has 1 fully saturated rings. The third-order valence-corrected chi connectivity index (χ3v) is 6.56. The third kappa shape index (κ3) is 6.24. The number of amides is 2. The largest absolute Gasteiger partial charge is 0.362 e. The van der Waals surface area contributed by atoms with E-state index in [1.54, 1.807) is 4.90 Å². The Morgan fingerprint density at radius 3 is 2.31 bits per heavy atom. The van der Waals surface area contributed by atoms with Crippen molar-refractivity contribution in [2.75, 3.05) is 18.0 Å². The predicted octanol–water partition coefficient (Wildman–Crippen LogP) is 4.77. The maximum absolute atomic E-state index is 13.4. The molecule has 0 saturated carbocycles. The molecule has 8 heteroatoms. The molecular formula is C27H25ClFN3O2S. The van der Waals surface area contributed by atoms with Crippen molar-refractivity contribution in [1.29, 1.82) is 0 Å². The van der Waals surface area contributed by atoms with Gasteiger partial charge in [-0.05, 0) is 72.6 Å². The van der Waals surface area contributed by atoms with Crippen LogP contribution >= 0.6 is 23.8 Å². The Morgan fingerprint density at radius 2 is 1.63 bits per heavy atom. The zero-order chi connectivity index (χ0) is 24.8. The minimum atomic E-state index is -0.739. The number of hydrogen-bond donors (Lipinski definition) is 1. The van der Waals surface area contributed by atoms with Crippen LogP contribution in [0.4, 0.5) is 10.1 Å². The van der Waals surface area contributed by atoms with E-state index in [1.807, 2.05) is 54.6 Å². The zero-order valence-corrected chi connectivity index (χ0v) is 20.6. The normalized spacial score (nSPS) is 15.4. The van der Waals surface area contributed by atoms with Crippen LogP contribution in [-0.4, -0.2) is 41.0 Å². The Morgan fingerprint density at radius 1 is 0.971 bits per heavy atom. The molecule has 0 aromatic heterocycles. The lowest BCUT2D eigenvalue weighted by atomic mass is 10.1. The number of halogens is 2. The van der Waals surface area contributed by atoms with Crippen LogP contribution in [0.5, 0.6) is 0 Å². The molecular weight excluding hydrogens is 485 g/mol. The maximum Gasteiger partial charge on any atom is 0.257 e. The van der Waals surface area contributed by atoms with Crippen LogP contribution in [-0.2, 0) is 22.4 Å². The molecule has 0 aliphatic carbocycles. The molecule has 35 heavy (non-hydrogen) atoms. The molecule has 180 valence electrons. The van der Waals surface area contributed by atoms with Crippen molar-refractivity contribution in [3.8, 4) is 0 Å². The highest BCUT2D eigenvalue weighted by Crippen LogP contribution is 2.26. The molecule has 3 aromatic carbocycles. The Kier molecular flexibility index (Phi) is 8.10. The molecule has 2 amide bonds. The van der Waals surface area contributed by atoms with Crippen LogP contribution in [0, 0.1) is 5.82 Å². The van der Waals surface area contributed by atoms with Gasteiger partial charge in [-0.15, -0.1) is 0 Å². The molecule has 3 aromatic rings. The lowest BCUT2D eigenvalue weighted by Crippen LogP contribution is -2.50. The van der Waals surface area contributed by atoms with Gasteiger partial charge >= 0.3 is 0 Å². The molecule has 1 aliphatic heterocycles. The topological polar surface area (TPSA) is 52.7 Å². The first-order valence-corrected chi connectivity index (χ1v) is 12.2. The van der Waals surface area contributed by atoms with Gasteiger partial charge in [0, 0.05) is 18.1 Å². The van der Waals surface area contributed by atoms with Crippen molar-refractivity contribution >= 4 is 46.4 Å². The summed E-state index contributed by atoms with van der Waals surface area (Å²) in [6.45, 7) is 1.04. The van der Waals surface area contributed by atoms with Crippen LogP contribution < -0.4 is 10.2 Å². The fourth-order valence-corrected chi connectivity index (χ4v) is 4.53. The van der Waals surface area contributed by atoms with Crippen molar-refractivity contribution < 1.29 is 14.0 Å². The van der Waals surface area contributed by atoms with Gasteiger partial charge in [0.25, 0.3) is 5.91 Å². The van der Waals surface area contributed by atoms with E-state index in [2.05, 4.69) is 5.32 Å². The van der Waals surface area contributed by atoms with E-state index in [1.165, 1.54) is 29.8 Å². The number of hydrogen-bond acceptors (Lipinski definition) is 3. The second kappa shape index (κ2) is 11.4. The SMILES string of the molecule is O=C1CC(N(CCc2ccc(Cl)cc2)C(=S)NCCc2ccccc2)C(=O)N1c1ccc(F)cc1. The summed E-state index contributed by atoms with van der Waals surface area (Å²) in [5, 5.41) is 4.32. The van der Waals surface area contributed by atoms with Crippen LogP contribution in [0.3, 0.4) is 0 Å². The summed E-state index contributed by atoms with van der Waals surface area (Å²) in [7, 11) is 0. The monoisotopic (exact) mass is 509 g/mol. The number of rotatable bonds is 8. The summed E-state index contributed by atoms with van der Waals surface area (Å²) in [6, 6.07) is 22.1.